The van der Waals surface area contributed by atoms with E-state index in [9.17, 15) is 9.59 Å². The number of carbonyl (C=O) groups excluding carboxylic acids is 2. The number of hydrogen-bond donors (Lipinski definition) is 0. The van der Waals surface area contributed by atoms with Gasteiger partial charge in [-0.15, -0.1) is 0 Å². The molecule has 0 spiro atoms. The maximum Gasteiger partial charge on any atom is 0.355 e. The second kappa shape index (κ2) is 7.72. The molecule has 9 heteroatoms. The second-order valence-electron chi connectivity index (χ2n) is 6.11. The predicted molar refractivity (Wildman–Crippen MR) is 102 cm³/mol. The highest BCUT2D eigenvalue weighted by Gasteiger charge is 2.32. The fraction of sp³-hybridized carbons (Fsp3) is 0.200. The maximum absolute atomic E-state index is 12.4. The summed E-state index contributed by atoms with van der Waals surface area (Å²) >= 11 is 0. The molecule has 0 fully saturated rings. The van der Waals surface area contributed by atoms with Crippen LogP contribution >= 0.6 is 0 Å². The zero-order valence-electron chi connectivity index (χ0n) is 15.7. The first-order chi connectivity index (χ1) is 14.1. The highest BCUT2D eigenvalue weighted by atomic mass is 16.5. The van der Waals surface area contributed by atoms with Crippen LogP contribution in [0.2, 0.25) is 0 Å². The summed E-state index contributed by atoms with van der Waals surface area (Å²) in [6.07, 6.45) is 1.64. The molecule has 0 unspecified atom stereocenters. The summed E-state index contributed by atoms with van der Waals surface area (Å²) in [7, 11) is 2.49. The predicted octanol–water partition coefficient (Wildman–Crippen LogP) is 2.28. The van der Waals surface area contributed by atoms with Crippen LogP contribution < -0.4 is 4.90 Å². The van der Waals surface area contributed by atoms with Crippen LogP contribution in [0.5, 0.6) is 0 Å². The molecule has 2 aromatic heterocycles. The molecular weight excluding hydrogens is 378 g/mol. The van der Waals surface area contributed by atoms with Crippen molar-refractivity contribution in [2.45, 2.75) is 0 Å². The molecule has 9 nitrogen and oxygen atoms in total. The van der Waals surface area contributed by atoms with Gasteiger partial charge in [0, 0.05) is 17.4 Å². The average Bonchev–Trinajstić information content (AvgIpc) is 3.22. The smallest absolute Gasteiger partial charge is 0.355 e. The molecule has 0 atom stereocenters. The normalized spacial score (nSPS) is 14.2. The van der Waals surface area contributed by atoms with Crippen molar-refractivity contribution in [1.82, 2.24) is 9.97 Å². The Kier molecular flexibility index (Phi) is 4.96. The molecule has 4 rings (SSSR count). The van der Waals surface area contributed by atoms with E-state index in [-0.39, 0.29) is 24.6 Å². The largest absolute Gasteiger partial charge is 0.466 e. The Hall–Kier alpha value is -3.72. The Morgan fingerprint density at radius 2 is 1.93 bits per heavy atom. The standard InChI is InChI=1S/C20H17N3O6/c1-26-19(24)14-10-28-11-23(16(14)20(25)27-2)13-6-3-5-12(9-13)18-22-17-15(29-18)7-4-8-21-17/h3-9H,10-11H2,1-2H3. The average molecular weight is 395 g/mol. The third kappa shape index (κ3) is 3.43. The number of pyridine rings is 1. The Bertz CT molecular complexity index is 1090. The second-order valence-corrected chi connectivity index (χ2v) is 6.11. The molecule has 0 N–H and O–H groups in total. The van der Waals surface area contributed by atoms with Crippen molar-refractivity contribution in [3.8, 4) is 11.5 Å². The SMILES string of the molecule is COC(=O)C1=C(C(=O)OC)N(c2cccc(-c3nc4ncccc4o3)c2)COC1. The first kappa shape index (κ1) is 18.6. The zero-order chi connectivity index (χ0) is 20.4. The Morgan fingerprint density at radius 3 is 2.69 bits per heavy atom. The molecule has 0 aliphatic carbocycles. The number of carbonyl (C=O) groups is 2. The quantitative estimate of drug-likeness (QED) is 0.615. The van der Waals surface area contributed by atoms with Crippen molar-refractivity contribution in [2.75, 3.05) is 32.5 Å². The summed E-state index contributed by atoms with van der Waals surface area (Å²) in [5, 5.41) is 0. The molecule has 0 saturated carbocycles. The van der Waals surface area contributed by atoms with Gasteiger partial charge in [0.1, 0.15) is 12.4 Å². The fourth-order valence-electron chi connectivity index (χ4n) is 3.05. The van der Waals surface area contributed by atoms with Gasteiger partial charge in [0.15, 0.2) is 11.2 Å². The zero-order valence-corrected chi connectivity index (χ0v) is 15.7. The number of nitrogens with zero attached hydrogens (tertiary/aromatic N) is 3. The Balaban J connectivity index is 1.78. The van der Waals surface area contributed by atoms with Gasteiger partial charge in [-0.25, -0.2) is 14.6 Å². The van der Waals surface area contributed by atoms with Gasteiger partial charge in [0.25, 0.3) is 0 Å². The minimum atomic E-state index is -0.662. The van der Waals surface area contributed by atoms with Crippen molar-refractivity contribution < 1.29 is 28.2 Å². The van der Waals surface area contributed by atoms with Crippen molar-refractivity contribution in [2.24, 2.45) is 0 Å². The molecule has 0 saturated heterocycles. The van der Waals surface area contributed by atoms with Crippen LogP contribution in [0.1, 0.15) is 0 Å². The van der Waals surface area contributed by atoms with E-state index in [1.807, 2.05) is 6.07 Å². The summed E-state index contributed by atoms with van der Waals surface area (Å²) in [5.41, 5.74) is 2.49. The number of rotatable bonds is 4. The van der Waals surface area contributed by atoms with Crippen molar-refractivity contribution in [3.05, 3.63) is 53.9 Å². The number of ether oxygens (including phenoxy) is 3. The van der Waals surface area contributed by atoms with E-state index in [2.05, 4.69) is 9.97 Å². The molecule has 1 aliphatic rings. The van der Waals surface area contributed by atoms with E-state index in [0.717, 1.165) is 0 Å². The minimum absolute atomic E-state index is 0.0515. The topological polar surface area (TPSA) is 104 Å². The highest BCUT2D eigenvalue weighted by molar-refractivity contribution is 6.03. The number of methoxy groups -OCH3 is 2. The monoisotopic (exact) mass is 395 g/mol. The number of benzene rings is 1. The molecule has 0 amide bonds. The van der Waals surface area contributed by atoms with Gasteiger partial charge in [-0.3, -0.25) is 0 Å². The fourth-order valence-corrected chi connectivity index (χ4v) is 3.05. The van der Waals surface area contributed by atoms with Crippen LogP contribution in [-0.2, 0) is 23.8 Å². The van der Waals surface area contributed by atoms with E-state index in [1.54, 1.807) is 41.4 Å². The van der Waals surface area contributed by atoms with Gasteiger partial charge in [-0.05, 0) is 30.3 Å². The van der Waals surface area contributed by atoms with Gasteiger partial charge in [0.05, 0.1) is 26.4 Å². The lowest BCUT2D eigenvalue weighted by molar-refractivity contribution is -0.140. The van der Waals surface area contributed by atoms with E-state index >= 15 is 0 Å². The summed E-state index contributed by atoms with van der Waals surface area (Å²) in [6, 6.07) is 10.7. The van der Waals surface area contributed by atoms with E-state index < -0.39 is 11.9 Å². The highest BCUT2D eigenvalue weighted by Crippen LogP contribution is 2.31. The number of esters is 2. The number of oxazole rings is 1. The van der Waals surface area contributed by atoms with Gasteiger partial charge in [-0.1, -0.05) is 6.07 Å². The first-order valence-electron chi connectivity index (χ1n) is 8.69. The molecule has 29 heavy (non-hydrogen) atoms. The van der Waals surface area contributed by atoms with Gasteiger partial charge in [0.2, 0.25) is 5.89 Å². The summed E-state index contributed by atoms with van der Waals surface area (Å²) < 4.78 is 20.9. The van der Waals surface area contributed by atoms with Crippen molar-refractivity contribution in [3.63, 3.8) is 0 Å². The van der Waals surface area contributed by atoms with Crippen LogP contribution in [0.15, 0.2) is 58.3 Å². The lowest BCUT2D eigenvalue weighted by Gasteiger charge is -2.31. The Labute approximate surface area is 165 Å². The molecule has 3 heterocycles. The third-order valence-corrected chi connectivity index (χ3v) is 4.40. The number of aromatic nitrogens is 2. The molecule has 1 aliphatic heterocycles. The van der Waals surface area contributed by atoms with Crippen LogP contribution in [0.4, 0.5) is 5.69 Å². The molecule has 3 aromatic rings. The van der Waals surface area contributed by atoms with Crippen molar-refractivity contribution >= 4 is 28.9 Å². The molecule has 148 valence electrons. The lowest BCUT2D eigenvalue weighted by atomic mass is 10.1. The van der Waals surface area contributed by atoms with Crippen molar-refractivity contribution in [1.29, 1.82) is 0 Å². The van der Waals surface area contributed by atoms with E-state index in [4.69, 9.17) is 18.6 Å². The summed E-state index contributed by atoms with van der Waals surface area (Å²) in [4.78, 5) is 34.7. The van der Waals surface area contributed by atoms with Gasteiger partial charge < -0.3 is 23.5 Å². The maximum atomic E-state index is 12.4. The summed E-state index contributed by atoms with van der Waals surface area (Å²) in [5.74, 6) is -0.934. The number of hydrogen-bond acceptors (Lipinski definition) is 9. The van der Waals surface area contributed by atoms with Crippen LogP contribution in [0, 0.1) is 0 Å². The van der Waals surface area contributed by atoms with E-state index in [1.165, 1.54) is 14.2 Å². The molecule has 0 bridgehead atoms. The summed E-state index contributed by atoms with van der Waals surface area (Å²) in [6.45, 7) is 0.00753. The minimum Gasteiger partial charge on any atom is -0.466 e. The molecule has 1 aromatic carbocycles. The van der Waals surface area contributed by atoms with Crippen LogP contribution in [-0.4, -0.2) is 49.5 Å². The number of anilines is 1. The number of fused-ring (bicyclic) bond motifs is 1. The first-order valence-corrected chi connectivity index (χ1v) is 8.69. The van der Waals surface area contributed by atoms with E-state index in [0.29, 0.717) is 28.4 Å². The van der Waals surface area contributed by atoms with Gasteiger partial charge in [-0.2, -0.15) is 4.98 Å². The van der Waals surface area contributed by atoms with Crippen LogP contribution in [0.3, 0.4) is 0 Å². The third-order valence-electron chi connectivity index (χ3n) is 4.40. The lowest BCUT2D eigenvalue weighted by Crippen LogP contribution is -2.38. The molecule has 0 radical (unpaired) electrons. The van der Waals surface area contributed by atoms with Crippen LogP contribution in [0.25, 0.3) is 22.7 Å². The molecular formula is C20H17N3O6. The van der Waals surface area contributed by atoms with Gasteiger partial charge >= 0.3 is 11.9 Å². The Morgan fingerprint density at radius 1 is 1.10 bits per heavy atom.